The van der Waals surface area contributed by atoms with Gasteiger partial charge in [0.2, 0.25) is 0 Å². The van der Waals surface area contributed by atoms with E-state index in [0.29, 0.717) is 10.3 Å². The number of anilines is 1. The van der Waals surface area contributed by atoms with Crippen LogP contribution in [0.5, 0.6) is 0 Å². The van der Waals surface area contributed by atoms with Gasteiger partial charge in [0.05, 0.1) is 9.80 Å². The van der Waals surface area contributed by atoms with Gasteiger partial charge in [0.25, 0.3) is 11.6 Å². The quantitative estimate of drug-likeness (QED) is 0.562. The first kappa shape index (κ1) is 14.8. The second kappa shape index (κ2) is 5.72. The molecule has 0 atom stereocenters. The lowest BCUT2D eigenvalue weighted by atomic mass is 10.1. The highest BCUT2D eigenvalue weighted by atomic mass is 32.1. The standard InChI is InChI=1S/C18H14N2O3S/c21-18(19-14-5-4-11-2-1-3-12(11)8-14)17-10-13-9-15(20(22)23)6-7-16(13)24-17/h4-10H,1-3H2,(H,19,21). The van der Waals surface area contributed by atoms with Crippen LogP contribution < -0.4 is 5.32 Å². The van der Waals surface area contributed by atoms with E-state index in [0.717, 1.165) is 23.2 Å². The molecule has 0 saturated heterocycles. The summed E-state index contributed by atoms with van der Waals surface area (Å²) in [6.45, 7) is 0. The van der Waals surface area contributed by atoms with Crippen LogP contribution >= 0.6 is 11.3 Å². The minimum atomic E-state index is -0.429. The van der Waals surface area contributed by atoms with Crippen molar-refractivity contribution >= 4 is 38.7 Å². The number of benzene rings is 2. The summed E-state index contributed by atoms with van der Waals surface area (Å²) in [4.78, 5) is 23.4. The van der Waals surface area contributed by atoms with E-state index in [1.807, 2.05) is 12.1 Å². The number of non-ortho nitro benzene ring substituents is 1. The summed E-state index contributed by atoms with van der Waals surface area (Å²) in [7, 11) is 0. The summed E-state index contributed by atoms with van der Waals surface area (Å²) < 4.78 is 0.861. The molecular weight excluding hydrogens is 324 g/mol. The minimum absolute atomic E-state index is 0.0332. The van der Waals surface area contributed by atoms with Gasteiger partial charge in [-0.3, -0.25) is 14.9 Å². The molecule has 0 bridgehead atoms. The predicted molar refractivity (Wildman–Crippen MR) is 94.9 cm³/mol. The molecule has 6 heteroatoms. The van der Waals surface area contributed by atoms with Crippen LogP contribution in [0.3, 0.4) is 0 Å². The number of hydrogen-bond donors (Lipinski definition) is 1. The molecule has 1 aliphatic rings. The topological polar surface area (TPSA) is 72.2 Å². The van der Waals surface area contributed by atoms with Crippen LogP contribution in [0.1, 0.15) is 27.2 Å². The number of nitro groups is 1. The molecule has 5 nitrogen and oxygen atoms in total. The number of nitro benzene ring substituents is 1. The molecule has 1 heterocycles. The Balaban J connectivity index is 1.60. The van der Waals surface area contributed by atoms with Crippen molar-refractivity contribution in [1.29, 1.82) is 0 Å². The van der Waals surface area contributed by atoms with Crippen LogP contribution in [-0.2, 0) is 12.8 Å². The van der Waals surface area contributed by atoms with E-state index in [9.17, 15) is 14.9 Å². The van der Waals surface area contributed by atoms with Gasteiger partial charge in [-0.1, -0.05) is 6.07 Å². The zero-order chi connectivity index (χ0) is 16.7. The van der Waals surface area contributed by atoms with Crippen LogP contribution in [0.25, 0.3) is 10.1 Å². The molecule has 24 heavy (non-hydrogen) atoms. The maximum atomic E-state index is 12.5. The van der Waals surface area contributed by atoms with Crippen LogP contribution in [0.15, 0.2) is 42.5 Å². The number of aryl methyl sites for hydroxylation is 2. The van der Waals surface area contributed by atoms with E-state index in [1.165, 1.54) is 41.0 Å². The van der Waals surface area contributed by atoms with Crippen molar-refractivity contribution in [2.75, 3.05) is 5.32 Å². The fraction of sp³-hybridized carbons (Fsp3) is 0.167. The molecule has 120 valence electrons. The molecule has 1 amide bonds. The third-order valence-electron chi connectivity index (χ3n) is 4.29. The Labute approximate surface area is 142 Å². The Bertz CT molecular complexity index is 978. The second-order valence-electron chi connectivity index (χ2n) is 5.88. The summed E-state index contributed by atoms with van der Waals surface area (Å²) >= 11 is 1.34. The van der Waals surface area contributed by atoms with Crippen molar-refractivity contribution in [3.8, 4) is 0 Å². The number of thiophene rings is 1. The maximum absolute atomic E-state index is 12.5. The smallest absolute Gasteiger partial charge is 0.270 e. The molecule has 0 spiro atoms. The van der Waals surface area contributed by atoms with Gasteiger partial charge in [0.15, 0.2) is 0 Å². The molecule has 1 aromatic heterocycles. The lowest BCUT2D eigenvalue weighted by molar-refractivity contribution is -0.384. The number of carbonyl (C=O) groups excluding carboxylic acids is 1. The number of nitrogens with one attached hydrogen (secondary N) is 1. The van der Waals surface area contributed by atoms with Crippen molar-refractivity contribution < 1.29 is 9.72 Å². The molecule has 3 aromatic rings. The number of nitrogens with zero attached hydrogens (tertiary/aromatic N) is 1. The fourth-order valence-electron chi connectivity index (χ4n) is 3.10. The van der Waals surface area contributed by atoms with E-state index in [4.69, 9.17) is 0 Å². The van der Waals surface area contributed by atoms with Crippen molar-refractivity contribution in [3.05, 3.63) is 68.6 Å². The normalized spacial score (nSPS) is 13.0. The molecule has 1 N–H and O–H groups in total. The lowest BCUT2D eigenvalue weighted by Crippen LogP contribution is -2.10. The highest BCUT2D eigenvalue weighted by Gasteiger charge is 2.15. The average molecular weight is 338 g/mol. The lowest BCUT2D eigenvalue weighted by Gasteiger charge is -2.06. The number of rotatable bonds is 3. The number of amides is 1. The molecule has 1 aliphatic carbocycles. The van der Waals surface area contributed by atoms with Crippen molar-refractivity contribution in [2.24, 2.45) is 0 Å². The number of hydrogen-bond acceptors (Lipinski definition) is 4. The van der Waals surface area contributed by atoms with Gasteiger partial charge in [-0.05, 0) is 54.7 Å². The Morgan fingerprint density at radius 2 is 1.92 bits per heavy atom. The maximum Gasteiger partial charge on any atom is 0.270 e. The van der Waals surface area contributed by atoms with E-state index in [2.05, 4.69) is 11.4 Å². The SMILES string of the molecule is O=C(Nc1ccc2c(c1)CCC2)c1cc2cc([N+](=O)[O-])ccc2s1. The number of carbonyl (C=O) groups is 1. The second-order valence-corrected chi connectivity index (χ2v) is 6.96. The summed E-state index contributed by atoms with van der Waals surface area (Å²) in [6, 6.07) is 12.4. The first-order chi connectivity index (χ1) is 11.6. The van der Waals surface area contributed by atoms with E-state index >= 15 is 0 Å². The Kier molecular flexibility index (Phi) is 3.54. The molecule has 4 rings (SSSR count). The van der Waals surface area contributed by atoms with Gasteiger partial charge in [-0.2, -0.15) is 0 Å². The number of fused-ring (bicyclic) bond motifs is 2. The van der Waals surface area contributed by atoms with Gasteiger partial charge in [-0.15, -0.1) is 11.3 Å². The Morgan fingerprint density at radius 3 is 2.75 bits per heavy atom. The summed E-state index contributed by atoms with van der Waals surface area (Å²) in [5.41, 5.74) is 3.50. The van der Waals surface area contributed by atoms with E-state index in [1.54, 1.807) is 12.1 Å². The predicted octanol–water partition coefficient (Wildman–Crippen LogP) is 4.55. The molecule has 0 unspecified atom stereocenters. The first-order valence-electron chi connectivity index (χ1n) is 7.71. The fourth-order valence-corrected chi connectivity index (χ4v) is 4.04. The first-order valence-corrected chi connectivity index (χ1v) is 8.53. The molecule has 2 aromatic carbocycles. The zero-order valence-corrected chi connectivity index (χ0v) is 13.6. The van der Waals surface area contributed by atoms with Crippen LogP contribution in [0, 0.1) is 10.1 Å². The van der Waals surface area contributed by atoms with Gasteiger partial charge in [0.1, 0.15) is 0 Å². The molecule has 0 aliphatic heterocycles. The Morgan fingerprint density at radius 1 is 1.08 bits per heavy atom. The highest BCUT2D eigenvalue weighted by molar-refractivity contribution is 7.20. The molecule has 0 radical (unpaired) electrons. The van der Waals surface area contributed by atoms with Crippen molar-refractivity contribution in [1.82, 2.24) is 0 Å². The third-order valence-corrected chi connectivity index (χ3v) is 5.41. The van der Waals surface area contributed by atoms with Gasteiger partial charge in [0, 0.05) is 27.9 Å². The van der Waals surface area contributed by atoms with Gasteiger partial charge < -0.3 is 5.32 Å². The van der Waals surface area contributed by atoms with Crippen LogP contribution in [0.2, 0.25) is 0 Å². The molecule has 0 fully saturated rings. The van der Waals surface area contributed by atoms with Crippen molar-refractivity contribution in [3.63, 3.8) is 0 Å². The summed E-state index contributed by atoms with van der Waals surface area (Å²) in [5.74, 6) is -0.184. The van der Waals surface area contributed by atoms with E-state index in [-0.39, 0.29) is 11.6 Å². The highest BCUT2D eigenvalue weighted by Crippen LogP contribution is 2.30. The van der Waals surface area contributed by atoms with Crippen molar-refractivity contribution in [2.45, 2.75) is 19.3 Å². The molecule has 0 saturated carbocycles. The monoisotopic (exact) mass is 338 g/mol. The largest absolute Gasteiger partial charge is 0.321 e. The van der Waals surface area contributed by atoms with E-state index < -0.39 is 4.92 Å². The van der Waals surface area contributed by atoms with Gasteiger partial charge >= 0.3 is 0 Å². The minimum Gasteiger partial charge on any atom is -0.321 e. The summed E-state index contributed by atoms with van der Waals surface area (Å²) in [6.07, 6.45) is 3.34. The average Bonchev–Trinajstić information content (AvgIpc) is 3.19. The van der Waals surface area contributed by atoms with Gasteiger partial charge in [-0.25, -0.2) is 0 Å². The molecular formula is C18H14N2O3S. The zero-order valence-electron chi connectivity index (χ0n) is 12.7. The third kappa shape index (κ3) is 2.65. The van der Waals surface area contributed by atoms with Crippen LogP contribution in [-0.4, -0.2) is 10.8 Å². The summed E-state index contributed by atoms with van der Waals surface area (Å²) in [5, 5.41) is 14.5. The van der Waals surface area contributed by atoms with Crippen LogP contribution in [0.4, 0.5) is 11.4 Å². The Hall–Kier alpha value is -2.73.